The molecule has 0 spiro atoms. The third-order valence-electron chi connectivity index (χ3n) is 2.23. The molecule has 7 heteroatoms. The van der Waals surface area contributed by atoms with Gasteiger partial charge in [-0.25, -0.2) is 8.78 Å². The number of benzene rings is 1. The Bertz CT molecular complexity index is 514. The third kappa shape index (κ3) is 3.24. The number of carbonyl (C=O) groups is 2. The van der Waals surface area contributed by atoms with E-state index < -0.39 is 46.9 Å². The van der Waals surface area contributed by atoms with Crippen LogP contribution in [0.25, 0.3) is 0 Å². The van der Waals surface area contributed by atoms with Gasteiger partial charge in [0.2, 0.25) is 5.82 Å². The molecule has 0 aliphatic rings. The van der Waals surface area contributed by atoms with Crippen LogP contribution in [-0.2, 0) is 9.53 Å². The maximum absolute atomic E-state index is 13.7. The van der Waals surface area contributed by atoms with Gasteiger partial charge in [-0.2, -0.15) is 4.39 Å². The van der Waals surface area contributed by atoms with Crippen LogP contribution in [0.3, 0.4) is 0 Å². The molecule has 1 aromatic carbocycles. The van der Waals surface area contributed by atoms with Crippen LogP contribution in [0.1, 0.15) is 23.7 Å². The standard InChI is InChI=1S/C12H11F3O4/c1-3-19-9(17)5-8(16)6-4-7(13)11(15)12(18-2)10(6)14/h4H,3,5H2,1-2H3/i5+2. The number of halogens is 3. The maximum Gasteiger partial charge on any atom is 0.313 e. The molecular formula is C12H11F3O4. The van der Waals surface area contributed by atoms with E-state index in [2.05, 4.69) is 9.47 Å². The molecular weight excluding hydrogens is 267 g/mol. The van der Waals surface area contributed by atoms with Gasteiger partial charge < -0.3 is 9.47 Å². The van der Waals surface area contributed by atoms with E-state index in [1.807, 2.05) is 0 Å². The Morgan fingerprint density at radius 2 is 1.89 bits per heavy atom. The van der Waals surface area contributed by atoms with Gasteiger partial charge in [-0.05, 0) is 13.0 Å². The average molecular weight is 278 g/mol. The van der Waals surface area contributed by atoms with Crippen molar-refractivity contribution in [3.63, 3.8) is 0 Å². The second-order valence-electron chi connectivity index (χ2n) is 3.47. The van der Waals surface area contributed by atoms with E-state index in [1.165, 1.54) is 6.92 Å². The van der Waals surface area contributed by atoms with Crippen LogP contribution in [0, 0.1) is 17.5 Å². The molecule has 104 valence electrons. The molecule has 4 nitrogen and oxygen atoms in total. The van der Waals surface area contributed by atoms with Gasteiger partial charge in [-0.1, -0.05) is 0 Å². The predicted molar refractivity (Wildman–Crippen MR) is 58.4 cm³/mol. The number of methoxy groups -OCH3 is 1. The molecule has 0 saturated carbocycles. The van der Waals surface area contributed by atoms with E-state index in [0.29, 0.717) is 6.07 Å². The van der Waals surface area contributed by atoms with Gasteiger partial charge in [-0.15, -0.1) is 0 Å². The van der Waals surface area contributed by atoms with Crippen molar-refractivity contribution in [3.05, 3.63) is 29.1 Å². The van der Waals surface area contributed by atoms with Crippen LogP contribution in [0.15, 0.2) is 6.07 Å². The van der Waals surface area contributed by atoms with E-state index in [-0.39, 0.29) is 6.61 Å². The van der Waals surface area contributed by atoms with E-state index >= 15 is 0 Å². The van der Waals surface area contributed by atoms with E-state index in [9.17, 15) is 22.8 Å². The second kappa shape index (κ2) is 6.21. The monoisotopic (exact) mass is 278 g/mol. The highest BCUT2D eigenvalue weighted by molar-refractivity contribution is 6.06. The van der Waals surface area contributed by atoms with Gasteiger partial charge >= 0.3 is 5.97 Å². The lowest BCUT2D eigenvalue weighted by atomic mass is 10.1. The Morgan fingerprint density at radius 3 is 2.42 bits per heavy atom. The van der Waals surface area contributed by atoms with Gasteiger partial charge in [0.1, 0.15) is 6.42 Å². The fraction of sp³-hybridized carbons (Fsp3) is 0.333. The molecule has 19 heavy (non-hydrogen) atoms. The number of ether oxygens (including phenoxy) is 2. The lowest BCUT2D eigenvalue weighted by Crippen LogP contribution is -2.14. The van der Waals surface area contributed by atoms with E-state index in [0.717, 1.165) is 7.11 Å². The zero-order valence-electron chi connectivity index (χ0n) is 10.3. The minimum atomic E-state index is -1.53. The van der Waals surface area contributed by atoms with Gasteiger partial charge in [0, 0.05) is 0 Å². The van der Waals surface area contributed by atoms with E-state index in [1.54, 1.807) is 0 Å². The molecule has 0 aromatic heterocycles. The maximum atomic E-state index is 13.7. The highest BCUT2D eigenvalue weighted by atomic mass is 19.2. The molecule has 0 saturated heterocycles. The highest BCUT2D eigenvalue weighted by Crippen LogP contribution is 2.27. The fourth-order valence-electron chi connectivity index (χ4n) is 1.40. The molecule has 1 rings (SSSR count). The van der Waals surface area contributed by atoms with Crippen molar-refractivity contribution in [2.75, 3.05) is 13.7 Å². The number of hydrogen-bond acceptors (Lipinski definition) is 4. The summed E-state index contributed by atoms with van der Waals surface area (Å²) in [5.74, 6) is -7.23. The van der Waals surface area contributed by atoms with Crippen molar-refractivity contribution in [1.29, 1.82) is 0 Å². The summed E-state index contributed by atoms with van der Waals surface area (Å²) >= 11 is 0. The molecule has 0 bridgehead atoms. The van der Waals surface area contributed by atoms with Crippen molar-refractivity contribution < 1.29 is 32.2 Å². The van der Waals surface area contributed by atoms with E-state index in [4.69, 9.17) is 0 Å². The quantitative estimate of drug-likeness (QED) is 0.359. The molecule has 0 heterocycles. The lowest BCUT2D eigenvalue weighted by Gasteiger charge is -2.08. The summed E-state index contributed by atoms with van der Waals surface area (Å²) in [5.41, 5.74) is -0.760. The topological polar surface area (TPSA) is 52.6 Å². The van der Waals surface area contributed by atoms with Gasteiger partial charge in [0.05, 0.1) is 19.3 Å². The zero-order valence-corrected chi connectivity index (χ0v) is 10.3. The summed E-state index contributed by atoms with van der Waals surface area (Å²) in [6, 6.07) is 0.384. The molecule has 0 fully saturated rings. The number of ketones is 1. The van der Waals surface area contributed by atoms with Crippen molar-refractivity contribution in [1.82, 2.24) is 0 Å². The number of rotatable bonds is 5. The molecule has 0 N–H and O–H groups in total. The molecule has 0 amide bonds. The molecule has 0 radical (unpaired) electrons. The molecule has 0 aliphatic heterocycles. The Kier molecular flexibility index (Phi) is 4.91. The van der Waals surface area contributed by atoms with Crippen molar-refractivity contribution >= 4 is 11.8 Å². The first-order valence-electron chi connectivity index (χ1n) is 5.32. The molecule has 1 aromatic rings. The Balaban J connectivity index is 3.10. The second-order valence-corrected chi connectivity index (χ2v) is 3.47. The fourth-order valence-corrected chi connectivity index (χ4v) is 1.40. The first kappa shape index (κ1) is 15.0. The summed E-state index contributed by atoms with van der Waals surface area (Å²) in [4.78, 5) is 22.7. The van der Waals surface area contributed by atoms with Crippen LogP contribution >= 0.6 is 0 Å². The minimum Gasteiger partial charge on any atom is -0.491 e. The lowest BCUT2D eigenvalue weighted by molar-refractivity contribution is -0.141. The van der Waals surface area contributed by atoms with Gasteiger partial charge in [0.25, 0.3) is 0 Å². The Hall–Kier alpha value is -2.05. The number of esters is 1. The number of hydrogen-bond donors (Lipinski definition) is 0. The van der Waals surface area contributed by atoms with Crippen LogP contribution in [0.4, 0.5) is 13.2 Å². The number of Topliss-reactive ketones (excluding diaryl/α,β-unsaturated/α-hetero) is 1. The van der Waals surface area contributed by atoms with Gasteiger partial charge in [0.15, 0.2) is 23.2 Å². The van der Waals surface area contributed by atoms with Crippen LogP contribution in [0.2, 0.25) is 0 Å². The average Bonchev–Trinajstić information content (AvgIpc) is 2.34. The highest BCUT2D eigenvalue weighted by Gasteiger charge is 2.24. The summed E-state index contributed by atoms with van der Waals surface area (Å²) in [5, 5.41) is 0. The largest absolute Gasteiger partial charge is 0.491 e. The molecule has 0 atom stereocenters. The number of carbonyl (C=O) groups excluding carboxylic acids is 2. The third-order valence-corrected chi connectivity index (χ3v) is 2.23. The van der Waals surface area contributed by atoms with Gasteiger partial charge in [-0.3, -0.25) is 9.59 Å². The summed E-state index contributed by atoms with van der Waals surface area (Å²) in [6.45, 7) is 1.58. The van der Waals surface area contributed by atoms with Crippen LogP contribution in [-0.4, -0.2) is 25.5 Å². The Labute approximate surface area is 107 Å². The normalized spacial score (nSPS) is 10.2. The first-order chi connectivity index (χ1) is 8.92. The Morgan fingerprint density at radius 1 is 1.26 bits per heavy atom. The SMILES string of the molecule is CCOC(=O)[14CH2]C(=O)c1cc(F)c(F)c(OC)c1F. The summed E-state index contributed by atoms with van der Waals surface area (Å²) in [6.07, 6.45) is -0.765. The first-order valence-corrected chi connectivity index (χ1v) is 5.32. The summed E-state index contributed by atoms with van der Waals surface area (Å²) < 4.78 is 48.8. The van der Waals surface area contributed by atoms with Crippen molar-refractivity contribution in [3.8, 4) is 5.75 Å². The zero-order chi connectivity index (χ0) is 14.6. The van der Waals surface area contributed by atoms with Crippen LogP contribution < -0.4 is 4.74 Å². The smallest absolute Gasteiger partial charge is 0.313 e. The summed E-state index contributed by atoms with van der Waals surface area (Å²) in [7, 11) is 0.931. The van der Waals surface area contributed by atoms with Crippen LogP contribution in [0.5, 0.6) is 5.75 Å². The van der Waals surface area contributed by atoms with Crippen molar-refractivity contribution in [2.45, 2.75) is 13.3 Å². The molecule has 0 unspecified atom stereocenters. The van der Waals surface area contributed by atoms with Crippen molar-refractivity contribution in [2.24, 2.45) is 0 Å². The molecule has 0 aliphatic carbocycles. The minimum absolute atomic E-state index is 0.0513. The predicted octanol–water partition coefficient (Wildman–Crippen LogP) is 2.25.